The fourth-order valence-electron chi connectivity index (χ4n) is 1.81. The van der Waals surface area contributed by atoms with Crippen LogP contribution in [-0.2, 0) is 0 Å². The van der Waals surface area contributed by atoms with Gasteiger partial charge in [0.2, 0.25) is 0 Å². The van der Waals surface area contributed by atoms with Crippen LogP contribution in [0.15, 0.2) is 35.7 Å². The molecule has 0 amide bonds. The molecule has 0 saturated heterocycles. The summed E-state index contributed by atoms with van der Waals surface area (Å²) >= 11 is 1.46. The van der Waals surface area contributed by atoms with Gasteiger partial charge in [-0.05, 0) is 25.1 Å². The lowest BCUT2D eigenvalue weighted by molar-refractivity contribution is 1.26. The van der Waals surface area contributed by atoms with Crippen LogP contribution >= 0.6 is 11.3 Å². The van der Waals surface area contributed by atoms with E-state index in [-0.39, 0.29) is 0 Å². The standard InChI is InChI=1S/C13H11N3S/c1-8-2-3-9-6-10(4-5-11(9)15-8)12-7-17-13(14)16-12/h2-7H,1H3,(H2,14,16). The van der Waals surface area contributed by atoms with Gasteiger partial charge >= 0.3 is 0 Å². The van der Waals surface area contributed by atoms with Gasteiger partial charge in [0.15, 0.2) is 5.13 Å². The van der Waals surface area contributed by atoms with Crippen molar-refractivity contribution in [3.63, 3.8) is 0 Å². The molecule has 0 unspecified atom stereocenters. The molecule has 0 atom stereocenters. The van der Waals surface area contributed by atoms with Crippen molar-refractivity contribution in [3.8, 4) is 11.3 Å². The molecule has 0 bridgehead atoms. The van der Waals surface area contributed by atoms with Crippen LogP contribution in [0.3, 0.4) is 0 Å². The molecule has 2 heterocycles. The summed E-state index contributed by atoms with van der Waals surface area (Å²) in [5, 5.41) is 3.69. The summed E-state index contributed by atoms with van der Waals surface area (Å²) in [5.41, 5.74) is 9.69. The second-order valence-corrected chi connectivity index (χ2v) is 4.82. The molecule has 3 aromatic rings. The zero-order valence-electron chi connectivity index (χ0n) is 9.34. The van der Waals surface area contributed by atoms with E-state index in [0.29, 0.717) is 5.13 Å². The van der Waals surface area contributed by atoms with Gasteiger partial charge in [-0.1, -0.05) is 12.1 Å². The first-order chi connectivity index (χ1) is 8.22. The number of nitrogen functional groups attached to an aromatic ring is 1. The van der Waals surface area contributed by atoms with Gasteiger partial charge in [-0.3, -0.25) is 4.98 Å². The molecule has 2 N–H and O–H groups in total. The summed E-state index contributed by atoms with van der Waals surface area (Å²) in [6, 6.07) is 10.2. The molecular formula is C13H11N3S. The van der Waals surface area contributed by atoms with Gasteiger partial charge in [-0.2, -0.15) is 0 Å². The zero-order valence-corrected chi connectivity index (χ0v) is 10.2. The van der Waals surface area contributed by atoms with Crippen LogP contribution in [0.4, 0.5) is 5.13 Å². The lowest BCUT2D eigenvalue weighted by Crippen LogP contribution is -1.85. The monoisotopic (exact) mass is 241 g/mol. The number of aryl methyl sites for hydroxylation is 1. The Bertz CT molecular complexity index is 688. The van der Waals surface area contributed by atoms with Crippen molar-refractivity contribution in [2.75, 3.05) is 5.73 Å². The maximum Gasteiger partial charge on any atom is 0.180 e. The Morgan fingerprint density at radius 3 is 2.76 bits per heavy atom. The predicted octanol–water partition coefficient (Wildman–Crippen LogP) is 3.25. The number of hydrogen-bond donors (Lipinski definition) is 1. The molecule has 4 heteroatoms. The fraction of sp³-hybridized carbons (Fsp3) is 0.0769. The van der Waals surface area contributed by atoms with E-state index < -0.39 is 0 Å². The maximum atomic E-state index is 5.64. The smallest absolute Gasteiger partial charge is 0.180 e. The van der Waals surface area contributed by atoms with Crippen molar-refractivity contribution < 1.29 is 0 Å². The van der Waals surface area contributed by atoms with E-state index in [2.05, 4.69) is 22.1 Å². The summed E-state index contributed by atoms with van der Waals surface area (Å²) in [6.45, 7) is 1.99. The van der Waals surface area contributed by atoms with Crippen LogP contribution in [-0.4, -0.2) is 9.97 Å². The number of nitrogens with two attached hydrogens (primary N) is 1. The van der Waals surface area contributed by atoms with E-state index in [1.54, 1.807) is 0 Å². The van der Waals surface area contributed by atoms with Crippen LogP contribution in [0.25, 0.3) is 22.2 Å². The van der Waals surface area contributed by atoms with E-state index in [1.165, 1.54) is 11.3 Å². The molecule has 3 rings (SSSR count). The Kier molecular flexibility index (Phi) is 2.30. The van der Waals surface area contributed by atoms with Gasteiger partial charge in [0, 0.05) is 22.0 Å². The van der Waals surface area contributed by atoms with Gasteiger partial charge in [0.05, 0.1) is 11.2 Å². The van der Waals surface area contributed by atoms with Gasteiger partial charge in [0.25, 0.3) is 0 Å². The largest absolute Gasteiger partial charge is 0.375 e. The number of pyridine rings is 1. The first-order valence-electron chi connectivity index (χ1n) is 5.31. The molecule has 0 aliphatic rings. The highest BCUT2D eigenvalue weighted by Gasteiger charge is 2.04. The van der Waals surface area contributed by atoms with E-state index in [1.807, 2.05) is 30.5 Å². The van der Waals surface area contributed by atoms with Crippen LogP contribution in [0.5, 0.6) is 0 Å². The summed E-state index contributed by atoms with van der Waals surface area (Å²) in [7, 11) is 0. The average Bonchev–Trinajstić information content (AvgIpc) is 2.75. The molecule has 0 aliphatic carbocycles. The third-order valence-electron chi connectivity index (χ3n) is 2.65. The third kappa shape index (κ3) is 1.87. The number of hydrogen-bond acceptors (Lipinski definition) is 4. The van der Waals surface area contributed by atoms with E-state index in [0.717, 1.165) is 27.9 Å². The predicted molar refractivity (Wildman–Crippen MR) is 72.0 cm³/mol. The summed E-state index contributed by atoms with van der Waals surface area (Å²) in [5.74, 6) is 0. The second kappa shape index (κ2) is 3.82. The molecule has 17 heavy (non-hydrogen) atoms. The van der Waals surface area contributed by atoms with Crippen molar-refractivity contribution in [2.24, 2.45) is 0 Å². The summed E-state index contributed by atoms with van der Waals surface area (Å²) < 4.78 is 0. The van der Waals surface area contributed by atoms with Gasteiger partial charge in [-0.15, -0.1) is 11.3 Å². The van der Waals surface area contributed by atoms with Crippen molar-refractivity contribution >= 4 is 27.4 Å². The van der Waals surface area contributed by atoms with Crippen molar-refractivity contribution in [1.29, 1.82) is 0 Å². The van der Waals surface area contributed by atoms with Crippen molar-refractivity contribution in [2.45, 2.75) is 6.92 Å². The quantitative estimate of drug-likeness (QED) is 0.711. The summed E-state index contributed by atoms with van der Waals surface area (Å²) in [6.07, 6.45) is 0. The topological polar surface area (TPSA) is 51.8 Å². The molecule has 2 aromatic heterocycles. The molecule has 84 valence electrons. The van der Waals surface area contributed by atoms with Crippen LogP contribution in [0.2, 0.25) is 0 Å². The first kappa shape index (κ1) is 10.2. The Labute approximate surface area is 103 Å². The van der Waals surface area contributed by atoms with Crippen molar-refractivity contribution in [3.05, 3.63) is 41.4 Å². The number of nitrogens with zero attached hydrogens (tertiary/aromatic N) is 2. The van der Waals surface area contributed by atoms with Gasteiger partial charge in [-0.25, -0.2) is 4.98 Å². The number of aromatic nitrogens is 2. The number of thiazole rings is 1. The Morgan fingerprint density at radius 1 is 1.12 bits per heavy atom. The number of fused-ring (bicyclic) bond motifs is 1. The molecule has 0 saturated carbocycles. The second-order valence-electron chi connectivity index (χ2n) is 3.93. The molecule has 0 aliphatic heterocycles. The molecule has 0 spiro atoms. The normalized spacial score (nSPS) is 10.9. The minimum Gasteiger partial charge on any atom is -0.375 e. The van der Waals surface area contributed by atoms with Crippen LogP contribution in [0, 0.1) is 6.92 Å². The molecule has 0 fully saturated rings. The Balaban J connectivity index is 2.16. The fourth-order valence-corrected chi connectivity index (χ4v) is 2.38. The molecular weight excluding hydrogens is 230 g/mol. The minimum absolute atomic E-state index is 0.599. The SMILES string of the molecule is Cc1ccc2cc(-c3csc(N)n3)ccc2n1. The maximum absolute atomic E-state index is 5.64. The van der Waals surface area contributed by atoms with E-state index in [4.69, 9.17) is 5.73 Å². The zero-order chi connectivity index (χ0) is 11.8. The highest BCUT2D eigenvalue weighted by molar-refractivity contribution is 7.13. The van der Waals surface area contributed by atoms with Crippen LogP contribution < -0.4 is 5.73 Å². The Hall–Kier alpha value is -1.94. The third-order valence-corrected chi connectivity index (χ3v) is 3.32. The molecule has 0 radical (unpaired) electrons. The first-order valence-corrected chi connectivity index (χ1v) is 6.19. The van der Waals surface area contributed by atoms with Crippen molar-refractivity contribution in [1.82, 2.24) is 9.97 Å². The Morgan fingerprint density at radius 2 is 2.00 bits per heavy atom. The number of anilines is 1. The minimum atomic E-state index is 0.599. The number of benzene rings is 1. The lowest BCUT2D eigenvalue weighted by atomic mass is 10.1. The van der Waals surface area contributed by atoms with Gasteiger partial charge < -0.3 is 5.73 Å². The highest BCUT2D eigenvalue weighted by atomic mass is 32.1. The summed E-state index contributed by atoms with van der Waals surface area (Å²) in [4.78, 5) is 8.75. The van der Waals surface area contributed by atoms with Gasteiger partial charge in [0.1, 0.15) is 0 Å². The van der Waals surface area contributed by atoms with E-state index in [9.17, 15) is 0 Å². The van der Waals surface area contributed by atoms with E-state index >= 15 is 0 Å². The number of rotatable bonds is 1. The van der Waals surface area contributed by atoms with Crippen LogP contribution in [0.1, 0.15) is 5.69 Å². The molecule has 3 nitrogen and oxygen atoms in total. The molecule has 1 aromatic carbocycles. The highest BCUT2D eigenvalue weighted by Crippen LogP contribution is 2.26. The lowest BCUT2D eigenvalue weighted by Gasteiger charge is -2.01. The average molecular weight is 241 g/mol.